The van der Waals surface area contributed by atoms with Crippen molar-refractivity contribution in [3.63, 3.8) is 0 Å². The fourth-order valence-electron chi connectivity index (χ4n) is 2.05. The summed E-state index contributed by atoms with van der Waals surface area (Å²) in [7, 11) is 0. The number of carbonyl (C=O) groups excluding carboxylic acids is 2. The number of rotatable bonds is 8. The molecule has 29 heavy (non-hydrogen) atoms. The van der Waals surface area contributed by atoms with Crippen LogP contribution in [0.2, 0.25) is 10.0 Å². The van der Waals surface area contributed by atoms with Crippen LogP contribution in [-0.4, -0.2) is 35.3 Å². The summed E-state index contributed by atoms with van der Waals surface area (Å²) in [5.74, 6) is -0.234. The second-order valence-electron chi connectivity index (χ2n) is 5.54. The van der Waals surface area contributed by atoms with Crippen molar-refractivity contribution in [1.82, 2.24) is 10.3 Å². The van der Waals surface area contributed by atoms with Crippen LogP contribution in [0.15, 0.2) is 53.2 Å². The molecule has 2 amide bonds. The summed E-state index contributed by atoms with van der Waals surface area (Å²) in [5, 5.41) is 13.0. The van der Waals surface area contributed by atoms with Gasteiger partial charge in [-0.15, -0.1) is 0 Å². The quantitative estimate of drug-likeness (QED) is 0.555. The predicted molar refractivity (Wildman–Crippen MR) is 105 cm³/mol. The smallest absolute Gasteiger partial charge is 0.263 e. The Morgan fingerprint density at radius 3 is 1.52 bits per heavy atom. The van der Waals surface area contributed by atoms with Gasteiger partial charge in [0.15, 0.2) is 13.2 Å². The highest BCUT2D eigenvalue weighted by molar-refractivity contribution is 6.30. The number of amides is 2. The number of anilines is 2. The highest BCUT2D eigenvalue weighted by Gasteiger charge is 2.16. The molecule has 0 saturated carbocycles. The first-order valence-electron chi connectivity index (χ1n) is 8.18. The number of halogens is 2. The van der Waals surface area contributed by atoms with Crippen LogP contribution in [0.5, 0.6) is 11.5 Å². The molecule has 9 nitrogen and oxygen atoms in total. The van der Waals surface area contributed by atoms with Gasteiger partial charge in [-0.25, -0.2) is 4.63 Å². The molecular weight excluding hydrogens is 423 g/mol. The van der Waals surface area contributed by atoms with Crippen LogP contribution in [0.3, 0.4) is 0 Å². The maximum Gasteiger partial charge on any atom is 0.263 e. The molecule has 0 aliphatic rings. The van der Waals surface area contributed by atoms with E-state index in [0.717, 1.165) is 0 Å². The summed E-state index contributed by atoms with van der Waals surface area (Å²) >= 11 is 11.6. The molecule has 0 bridgehead atoms. The van der Waals surface area contributed by atoms with E-state index in [9.17, 15) is 9.59 Å². The average molecular weight is 437 g/mol. The van der Waals surface area contributed by atoms with Crippen LogP contribution in [0.1, 0.15) is 0 Å². The first-order chi connectivity index (χ1) is 14.0. The molecule has 150 valence electrons. The monoisotopic (exact) mass is 436 g/mol. The third-order valence-electron chi connectivity index (χ3n) is 3.37. The molecule has 0 unspecified atom stereocenters. The van der Waals surface area contributed by atoms with Crippen molar-refractivity contribution in [2.75, 3.05) is 23.8 Å². The van der Waals surface area contributed by atoms with Gasteiger partial charge >= 0.3 is 0 Å². The molecule has 3 rings (SSSR count). The van der Waals surface area contributed by atoms with Gasteiger partial charge in [0.2, 0.25) is 11.6 Å². The topological polar surface area (TPSA) is 116 Å². The second kappa shape index (κ2) is 9.76. The van der Waals surface area contributed by atoms with Crippen molar-refractivity contribution in [3.05, 3.63) is 58.6 Å². The molecule has 0 saturated heterocycles. The molecule has 2 aromatic carbocycles. The fourth-order valence-corrected chi connectivity index (χ4v) is 2.30. The molecule has 1 heterocycles. The number of hydrogen-bond donors (Lipinski definition) is 2. The van der Waals surface area contributed by atoms with E-state index in [4.69, 9.17) is 32.7 Å². The molecule has 0 spiro atoms. The lowest BCUT2D eigenvalue weighted by atomic mass is 10.3. The Hall–Kier alpha value is -3.30. The standard InChI is InChI=1S/C18H14Cl2N4O5/c19-11-1-5-13(6-2-11)27-9-15(25)21-17-18(24-29-23-17)22-16(26)10-28-14-7-3-12(20)4-8-14/h1-8H,9-10H2,(H,21,23,25)(H,22,24,26). The number of nitrogens with one attached hydrogen (secondary N) is 2. The van der Waals surface area contributed by atoms with Crippen molar-refractivity contribution >= 4 is 46.7 Å². The maximum atomic E-state index is 12.0. The Bertz CT molecular complexity index is 899. The highest BCUT2D eigenvalue weighted by Crippen LogP contribution is 2.18. The summed E-state index contributed by atoms with van der Waals surface area (Å²) in [6, 6.07) is 13.0. The molecular formula is C18H14Cl2N4O5. The summed E-state index contributed by atoms with van der Waals surface area (Å²) in [6.07, 6.45) is 0. The molecule has 0 aliphatic heterocycles. The zero-order valence-electron chi connectivity index (χ0n) is 14.7. The number of nitrogens with zero attached hydrogens (tertiary/aromatic N) is 2. The third-order valence-corrected chi connectivity index (χ3v) is 3.88. The Balaban J connectivity index is 1.47. The van der Waals surface area contributed by atoms with Crippen LogP contribution in [0.25, 0.3) is 0 Å². The molecule has 2 N–H and O–H groups in total. The maximum absolute atomic E-state index is 12.0. The van der Waals surface area contributed by atoms with Crippen LogP contribution in [0, 0.1) is 0 Å². The summed E-state index contributed by atoms with van der Waals surface area (Å²) in [4.78, 5) is 24.0. The number of benzene rings is 2. The largest absolute Gasteiger partial charge is 0.484 e. The minimum absolute atomic E-state index is 0.0606. The minimum Gasteiger partial charge on any atom is -0.484 e. The van der Waals surface area contributed by atoms with Gasteiger partial charge in [0.25, 0.3) is 11.8 Å². The molecule has 3 aromatic rings. The summed E-state index contributed by atoms with van der Waals surface area (Å²) in [5.41, 5.74) is 0. The van der Waals surface area contributed by atoms with Gasteiger partial charge in [0.05, 0.1) is 0 Å². The van der Waals surface area contributed by atoms with Gasteiger partial charge in [-0.2, -0.15) is 0 Å². The second-order valence-corrected chi connectivity index (χ2v) is 6.42. The Kier molecular flexibility index (Phi) is 6.88. The number of carbonyl (C=O) groups is 2. The third kappa shape index (κ3) is 6.37. The predicted octanol–water partition coefficient (Wildman–Crippen LogP) is 3.41. The van der Waals surface area contributed by atoms with Gasteiger partial charge in [0.1, 0.15) is 11.5 Å². The highest BCUT2D eigenvalue weighted by atomic mass is 35.5. The lowest BCUT2D eigenvalue weighted by Crippen LogP contribution is -2.23. The first kappa shape index (κ1) is 20.4. The SMILES string of the molecule is O=C(COc1ccc(Cl)cc1)Nc1nonc1NC(=O)COc1ccc(Cl)cc1. The van der Waals surface area contributed by atoms with E-state index in [1.54, 1.807) is 48.5 Å². The van der Waals surface area contributed by atoms with Crippen LogP contribution in [-0.2, 0) is 9.59 Å². The van der Waals surface area contributed by atoms with Crippen molar-refractivity contribution in [2.24, 2.45) is 0 Å². The average Bonchev–Trinajstić information content (AvgIpc) is 3.13. The van der Waals surface area contributed by atoms with Gasteiger partial charge in [-0.1, -0.05) is 23.2 Å². The van der Waals surface area contributed by atoms with Crippen molar-refractivity contribution in [1.29, 1.82) is 0 Å². The molecule has 0 radical (unpaired) electrons. The van der Waals surface area contributed by atoms with E-state index < -0.39 is 11.8 Å². The van der Waals surface area contributed by atoms with Gasteiger partial charge in [0, 0.05) is 10.0 Å². The normalized spacial score (nSPS) is 10.3. The lowest BCUT2D eigenvalue weighted by Gasteiger charge is -2.08. The van der Waals surface area contributed by atoms with Crippen molar-refractivity contribution in [2.45, 2.75) is 0 Å². The fraction of sp³-hybridized carbons (Fsp3) is 0.111. The van der Waals surface area contributed by atoms with Gasteiger partial charge < -0.3 is 20.1 Å². The Morgan fingerprint density at radius 2 is 1.14 bits per heavy atom. The van der Waals surface area contributed by atoms with Crippen molar-refractivity contribution < 1.29 is 23.7 Å². The number of hydrogen-bond acceptors (Lipinski definition) is 7. The van der Waals surface area contributed by atoms with E-state index in [2.05, 4.69) is 25.6 Å². The number of aromatic nitrogens is 2. The van der Waals surface area contributed by atoms with E-state index >= 15 is 0 Å². The van der Waals surface area contributed by atoms with E-state index in [-0.39, 0.29) is 24.8 Å². The van der Waals surface area contributed by atoms with E-state index in [0.29, 0.717) is 21.5 Å². The lowest BCUT2D eigenvalue weighted by molar-refractivity contribution is -0.119. The van der Waals surface area contributed by atoms with E-state index in [1.165, 1.54) is 0 Å². The molecule has 0 aliphatic carbocycles. The van der Waals surface area contributed by atoms with E-state index in [1.807, 2.05) is 0 Å². The van der Waals surface area contributed by atoms with Crippen LogP contribution >= 0.6 is 23.2 Å². The Morgan fingerprint density at radius 1 is 0.759 bits per heavy atom. The zero-order valence-corrected chi connectivity index (χ0v) is 16.2. The Labute approximate surface area is 174 Å². The van der Waals surface area contributed by atoms with Gasteiger partial charge in [-0.3, -0.25) is 9.59 Å². The molecule has 11 heteroatoms. The summed E-state index contributed by atoms with van der Waals surface area (Å²) in [6.45, 7) is -0.580. The van der Waals surface area contributed by atoms with Crippen molar-refractivity contribution in [3.8, 4) is 11.5 Å². The molecule has 1 aromatic heterocycles. The first-order valence-corrected chi connectivity index (χ1v) is 8.94. The number of ether oxygens (including phenoxy) is 2. The minimum atomic E-state index is -0.524. The van der Waals surface area contributed by atoms with Crippen LogP contribution < -0.4 is 20.1 Å². The van der Waals surface area contributed by atoms with Crippen LogP contribution in [0.4, 0.5) is 11.6 Å². The summed E-state index contributed by atoms with van der Waals surface area (Å²) < 4.78 is 15.2. The molecule has 0 fully saturated rings. The molecule has 0 atom stereocenters. The van der Waals surface area contributed by atoms with Gasteiger partial charge in [-0.05, 0) is 58.8 Å². The zero-order chi connectivity index (χ0) is 20.6.